The number of rotatable bonds is 2. The van der Waals surface area contributed by atoms with Crippen LogP contribution in [0.2, 0.25) is 0 Å². The van der Waals surface area contributed by atoms with Crippen LogP contribution in [0.25, 0.3) is 0 Å². The molecule has 15 heavy (non-hydrogen) atoms. The van der Waals surface area contributed by atoms with Gasteiger partial charge in [0.05, 0.1) is 0 Å². The monoisotopic (exact) mass is 219 g/mol. The molecule has 0 spiro atoms. The molecule has 0 saturated heterocycles. The van der Waals surface area contributed by atoms with E-state index in [1.807, 2.05) is 43.5 Å². The minimum absolute atomic E-state index is 0.594. The lowest BCUT2D eigenvalue weighted by molar-refractivity contribution is 0.219. The first-order chi connectivity index (χ1) is 7.16. The molecule has 1 atom stereocenters. The molecule has 0 fully saturated rings. The lowest BCUT2D eigenvalue weighted by atomic mass is 10.1. The van der Waals surface area contributed by atoms with Gasteiger partial charge in [-0.25, -0.2) is 4.98 Å². The number of aryl methyl sites for hydroxylation is 2. The Kier molecular flexibility index (Phi) is 2.84. The summed E-state index contributed by atoms with van der Waals surface area (Å²) in [5.74, 6) is 0. The minimum Gasteiger partial charge on any atom is -0.381 e. The summed E-state index contributed by atoms with van der Waals surface area (Å²) in [7, 11) is 0. The maximum atomic E-state index is 10.1. The van der Waals surface area contributed by atoms with Crippen molar-refractivity contribution in [1.82, 2.24) is 4.98 Å². The fraction of sp³-hybridized carbons (Fsp3) is 0.250. The van der Waals surface area contributed by atoms with Crippen LogP contribution in [0.4, 0.5) is 0 Å². The molecule has 0 aliphatic rings. The Balaban J connectivity index is 2.32. The van der Waals surface area contributed by atoms with Crippen LogP contribution in [-0.4, -0.2) is 10.1 Å². The summed E-state index contributed by atoms with van der Waals surface area (Å²) >= 11 is 1.50. The number of thiazole rings is 1. The van der Waals surface area contributed by atoms with Crippen LogP contribution < -0.4 is 0 Å². The fourth-order valence-corrected chi connectivity index (χ4v) is 2.29. The van der Waals surface area contributed by atoms with Crippen molar-refractivity contribution in [2.24, 2.45) is 0 Å². The van der Waals surface area contributed by atoms with Gasteiger partial charge in [-0.2, -0.15) is 0 Å². The molecule has 1 N–H and O–H groups in total. The molecule has 0 aliphatic carbocycles. The zero-order chi connectivity index (χ0) is 10.8. The van der Waals surface area contributed by atoms with E-state index in [0.717, 1.165) is 21.8 Å². The Morgan fingerprint density at radius 3 is 2.73 bits per heavy atom. The predicted octanol–water partition coefficient (Wildman–Crippen LogP) is 2.84. The molecule has 1 aromatic carbocycles. The molecule has 0 saturated carbocycles. The molecule has 2 aromatic rings. The molecular weight excluding hydrogens is 206 g/mol. The van der Waals surface area contributed by atoms with E-state index in [9.17, 15) is 5.11 Å². The lowest BCUT2D eigenvalue weighted by Crippen LogP contribution is -1.99. The fourth-order valence-electron chi connectivity index (χ4n) is 1.48. The first-order valence-electron chi connectivity index (χ1n) is 4.83. The van der Waals surface area contributed by atoms with E-state index >= 15 is 0 Å². The van der Waals surface area contributed by atoms with Crippen LogP contribution in [0.3, 0.4) is 0 Å². The van der Waals surface area contributed by atoms with Gasteiger partial charge in [-0.1, -0.05) is 29.8 Å². The van der Waals surface area contributed by atoms with Gasteiger partial charge < -0.3 is 5.11 Å². The van der Waals surface area contributed by atoms with E-state index in [-0.39, 0.29) is 0 Å². The molecule has 0 bridgehead atoms. The van der Waals surface area contributed by atoms with E-state index in [2.05, 4.69) is 4.98 Å². The predicted molar refractivity (Wildman–Crippen MR) is 62.1 cm³/mol. The highest BCUT2D eigenvalue weighted by Crippen LogP contribution is 2.25. The van der Waals surface area contributed by atoms with Crippen LogP contribution >= 0.6 is 11.3 Å². The molecule has 2 rings (SSSR count). The maximum Gasteiger partial charge on any atom is 0.131 e. The van der Waals surface area contributed by atoms with Gasteiger partial charge in [0.25, 0.3) is 0 Å². The van der Waals surface area contributed by atoms with Crippen molar-refractivity contribution >= 4 is 11.3 Å². The highest BCUT2D eigenvalue weighted by atomic mass is 32.1. The Morgan fingerprint density at radius 1 is 1.33 bits per heavy atom. The third-order valence-corrected chi connectivity index (χ3v) is 3.24. The van der Waals surface area contributed by atoms with E-state index in [1.165, 1.54) is 11.3 Å². The highest BCUT2D eigenvalue weighted by Gasteiger charge is 2.13. The Bertz CT molecular complexity index is 464. The molecule has 1 aromatic heterocycles. The molecule has 0 amide bonds. The van der Waals surface area contributed by atoms with Crippen molar-refractivity contribution < 1.29 is 5.11 Å². The summed E-state index contributed by atoms with van der Waals surface area (Å²) in [5, 5.41) is 12.8. The summed E-state index contributed by atoms with van der Waals surface area (Å²) in [6, 6.07) is 7.88. The molecule has 3 heteroatoms. The quantitative estimate of drug-likeness (QED) is 0.842. The van der Waals surface area contributed by atoms with Crippen LogP contribution in [-0.2, 0) is 0 Å². The molecule has 78 valence electrons. The second-order valence-electron chi connectivity index (χ2n) is 3.64. The molecule has 2 nitrogen and oxygen atoms in total. The van der Waals surface area contributed by atoms with E-state index < -0.39 is 6.10 Å². The minimum atomic E-state index is -0.594. The summed E-state index contributed by atoms with van der Waals surface area (Å²) in [6.07, 6.45) is -0.594. The van der Waals surface area contributed by atoms with Gasteiger partial charge in [-0.3, -0.25) is 0 Å². The molecule has 1 unspecified atom stereocenters. The zero-order valence-electron chi connectivity index (χ0n) is 8.77. The van der Waals surface area contributed by atoms with Crippen LogP contribution in [0, 0.1) is 13.8 Å². The lowest BCUT2D eigenvalue weighted by Gasteiger charge is -2.08. The first kappa shape index (κ1) is 10.3. The average Bonchev–Trinajstić information content (AvgIpc) is 2.64. The standard InChI is InChI=1S/C12H13NOS/c1-8-4-3-5-10(6-8)11(14)12-13-9(2)7-15-12/h3-7,11,14H,1-2H3. The second-order valence-corrected chi connectivity index (χ2v) is 4.53. The van der Waals surface area contributed by atoms with Crippen molar-refractivity contribution in [3.8, 4) is 0 Å². The third-order valence-electron chi connectivity index (χ3n) is 2.23. The smallest absolute Gasteiger partial charge is 0.131 e. The number of aromatic nitrogens is 1. The number of hydrogen-bond donors (Lipinski definition) is 1. The maximum absolute atomic E-state index is 10.1. The normalized spacial score (nSPS) is 12.7. The van der Waals surface area contributed by atoms with Gasteiger partial charge in [0, 0.05) is 11.1 Å². The first-order valence-corrected chi connectivity index (χ1v) is 5.71. The van der Waals surface area contributed by atoms with Crippen molar-refractivity contribution in [3.63, 3.8) is 0 Å². The molecular formula is C12H13NOS. The molecule has 0 aliphatic heterocycles. The van der Waals surface area contributed by atoms with Gasteiger partial charge in [0.2, 0.25) is 0 Å². The van der Waals surface area contributed by atoms with Gasteiger partial charge in [0.1, 0.15) is 11.1 Å². The van der Waals surface area contributed by atoms with Crippen molar-refractivity contribution in [1.29, 1.82) is 0 Å². The Hall–Kier alpha value is -1.19. The average molecular weight is 219 g/mol. The Morgan fingerprint density at radius 2 is 2.13 bits per heavy atom. The van der Waals surface area contributed by atoms with Gasteiger partial charge in [-0.05, 0) is 19.4 Å². The topological polar surface area (TPSA) is 33.1 Å². The van der Waals surface area contributed by atoms with Gasteiger partial charge >= 0.3 is 0 Å². The van der Waals surface area contributed by atoms with Gasteiger partial charge in [0.15, 0.2) is 0 Å². The number of aliphatic hydroxyl groups is 1. The number of hydrogen-bond acceptors (Lipinski definition) is 3. The van der Waals surface area contributed by atoms with E-state index in [1.54, 1.807) is 0 Å². The van der Waals surface area contributed by atoms with Crippen molar-refractivity contribution in [2.45, 2.75) is 20.0 Å². The molecule has 1 heterocycles. The van der Waals surface area contributed by atoms with E-state index in [0.29, 0.717) is 0 Å². The number of aliphatic hydroxyl groups excluding tert-OH is 1. The highest BCUT2D eigenvalue weighted by molar-refractivity contribution is 7.09. The Labute approximate surface area is 93.2 Å². The third kappa shape index (κ3) is 2.25. The summed E-state index contributed by atoms with van der Waals surface area (Å²) in [5.41, 5.74) is 3.02. The molecule has 0 radical (unpaired) electrons. The van der Waals surface area contributed by atoms with Crippen LogP contribution in [0.15, 0.2) is 29.6 Å². The summed E-state index contributed by atoms with van der Waals surface area (Å²) in [4.78, 5) is 4.29. The van der Waals surface area contributed by atoms with E-state index in [4.69, 9.17) is 0 Å². The van der Waals surface area contributed by atoms with Crippen molar-refractivity contribution in [3.05, 3.63) is 51.5 Å². The zero-order valence-corrected chi connectivity index (χ0v) is 9.58. The van der Waals surface area contributed by atoms with Crippen molar-refractivity contribution in [2.75, 3.05) is 0 Å². The van der Waals surface area contributed by atoms with Gasteiger partial charge in [-0.15, -0.1) is 11.3 Å². The summed E-state index contributed by atoms with van der Waals surface area (Å²) < 4.78 is 0. The SMILES string of the molecule is Cc1cccc(C(O)c2nc(C)cs2)c1. The second kappa shape index (κ2) is 4.13. The number of nitrogens with zero attached hydrogens (tertiary/aromatic N) is 1. The number of benzene rings is 1. The summed E-state index contributed by atoms with van der Waals surface area (Å²) in [6.45, 7) is 3.95. The largest absolute Gasteiger partial charge is 0.381 e. The van der Waals surface area contributed by atoms with Crippen LogP contribution in [0.1, 0.15) is 27.9 Å². The van der Waals surface area contributed by atoms with Crippen LogP contribution in [0.5, 0.6) is 0 Å².